The molecule has 17 heteroatoms. The van der Waals surface area contributed by atoms with Crippen molar-refractivity contribution in [2.45, 2.75) is 17.6 Å². The average molecular weight is 770 g/mol. The van der Waals surface area contributed by atoms with Gasteiger partial charge in [-0.1, -0.05) is 35.6 Å². The summed E-state index contributed by atoms with van der Waals surface area (Å²) in [5.41, 5.74) is 10.6. The normalized spacial score (nSPS) is 14.1. The number of ether oxygens (including phenoxy) is 1. The third kappa shape index (κ3) is 8.49. The quantitative estimate of drug-likeness (QED) is 0.168. The smallest absolute Gasteiger partial charge is 0.227 e. The Bertz CT molecular complexity index is 2310. The van der Waals surface area contributed by atoms with Gasteiger partial charge in [-0.25, -0.2) is 40.6 Å². The molecule has 5 aromatic rings. The second-order valence-corrected chi connectivity index (χ2v) is 17.6. The number of piperazine rings is 1. The van der Waals surface area contributed by atoms with Crippen molar-refractivity contribution >= 4 is 53.5 Å². The minimum absolute atomic E-state index is 0.141. The fourth-order valence-electron chi connectivity index (χ4n) is 6.04. The van der Waals surface area contributed by atoms with Gasteiger partial charge in [0.05, 0.1) is 40.6 Å². The lowest BCUT2D eigenvalue weighted by Crippen LogP contribution is -2.47. The molecule has 1 aliphatic rings. The highest BCUT2D eigenvalue weighted by Gasteiger charge is 2.26. The van der Waals surface area contributed by atoms with Crippen LogP contribution < -0.4 is 20.7 Å². The predicted molar refractivity (Wildman–Crippen MR) is 200 cm³/mol. The van der Waals surface area contributed by atoms with Crippen LogP contribution in [0.1, 0.15) is 11.1 Å². The first-order valence-corrected chi connectivity index (χ1v) is 20.7. The SMILES string of the molecule is COc1cc(N2CCN(CCS(C)(=O)=O)CC2)c(C)cc1Nc1nccc(-c2sc(N)nc2-c2cccc(CS(=O)(=O)c3c(F)cccc3F)c2)n1. The molecule has 3 N–H and O–H groups in total. The van der Waals surface area contributed by atoms with E-state index in [0.717, 1.165) is 55.6 Å². The molecule has 3 aromatic carbocycles. The molecule has 3 heterocycles. The molecule has 0 aliphatic carbocycles. The number of thiazole rings is 1. The number of aromatic nitrogens is 3. The summed E-state index contributed by atoms with van der Waals surface area (Å²) in [6, 6.07) is 15.1. The second-order valence-electron chi connectivity index (χ2n) is 12.4. The number of rotatable bonds is 12. The largest absolute Gasteiger partial charge is 0.494 e. The summed E-state index contributed by atoms with van der Waals surface area (Å²) in [4.78, 5) is 17.7. The van der Waals surface area contributed by atoms with Crippen molar-refractivity contribution in [3.05, 3.63) is 89.6 Å². The van der Waals surface area contributed by atoms with Crippen LogP contribution in [0.5, 0.6) is 5.75 Å². The van der Waals surface area contributed by atoms with Gasteiger partial charge in [0.2, 0.25) is 5.95 Å². The van der Waals surface area contributed by atoms with Crippen LogP contribution in [0.15, 0.2) is 71.8 Å². The summed E-state index contributed by atoms with van der Waals surface area (Å²) in [5, 5.41) is 3.52. The Morgan fingerprint density at radius 2 is 1.67 bits per heavy atom. The van der Waals surface area contributed by atoms with Gasteiger partial charge < -0.3 is 20.7 Å². The first-order valence-electron chi connectivity index (χ1n) is 16.2. The van der Waals surface area contributed by atoms with E-state index in [4.69, 9.17) is 15.5 Å². The summed E-state index contributed by atoms with van der Waals surface area (Å²) >= 11 is 1.20. The van der Waals surface area contributed by atoms with Crippen LogP contribution in [-0.4, -0.2) is 88.5 Å². The van der Waals surface area contributed by atoms with E-state index in [1.807, 2.05) is 19.1 Å². The van der Waals surface area contributed by atoms with Crippen molar-refractivity contribution in [3.8, 4) is 27.6 Å². The first kappa shape index (κ1) is 37.1. The molecule has 274 valence electrons. The molecule has 0 atom stereocenters. The summed E-state index contributed by atoms with van der Waals surface area (Å²) in [6.45, 7) is 5.51. The van der Waals surface area contributed by atoms with Gasteiger partial charge in [-0.2, -0.15) is 0 Å². The number of benzene rings is 3. The van der Waals surface area contributed by atoms with Crippen molar-refractivity contribution in [1.82, 2.24) is 19.9 Å². The lowest BCUT2D eigenvalue weighted by Gasteiger charge is -2.37. The molecule has 0 bridgehead atoms. The third-order valence-corrected chi connectivity index (χ3v) is 12.1. The Morgan fingerprint density at radius 1 is 0.962 bits per heavy atom. The van der Waals surface area contributed by atoms with Crippen LogP contribution >= 0.6 is 11.3 Å². The van der Waals surface area contributed by atoms with Gasteiger partial charge in [0.25, 0.3) is 0 Å². The Balaban J connectivity index is 1.22. The number of nitrogens with two attached hydrogens (primary N) is 1. The molecular weight excluding hydrogens is 733 g/mol. The monoisotopic (exact) mass is 769 g/mol. The summed E-state index contributed by atoms with van der Waals surface area (Å²) in [7, 11) is -5.79. The van der Waals surface area contributed by atoms with E-state index in [-0.39, 0.29) is 16.8 Å². The van der Waals surface area contributed by atoms with E-state index in [1.54, 1.807) is 43.6 Å². The minimum Gasteiger partial charge on any atom is -0.494 e. The van der Waals surface area contributed by atoms with Crippen molar-refractivity contribution in [1.29, 1.82) is 0 Å². The van der Waals surface area contributed by atoms with Gasteiger partial charge in [0.1, 0.15) is 32.1 Å². The molecule has 0 radical (unpaired) electrons. The number of hydrogen-bond donors (Lipinski definition) is 2. The van der Waals surface area contributed by atoms with Crippen LogP contribution in [-0.2, 0) is 25.4 Å². The van der Waals surface area contributed by atoms with Gasteiger partial charge >= 0.3 is 0 Å². The van der Waals surface area contributed by atoms with Crippen LogP contribution in [0.4, 0.5) is 31.2 Å². The van der Waals surface area contributed by atoms with E-state index in [1.165, 1.54) is 17.6 Å². The average Bonchev–Trinajstić information content (AvgIpc) is 3.49. The number of nitrogens with one attached hydrogen (secondary N) is 1. The topological polar surface area (TPSA) is 161 Å². The van der Waals surface area contributed by atoms with E-state index < -0.39 is 42.0 Å². The number of nitrogen functional groups attached to an aromatic ring is 1. The van der Waals surface area contributed by atoms with E-state index >= 15 is 0 Å². The fraction of sp³-hybridized carbons (Fsp3) is 0.286. The molecular formula is C35H37F2N7O5S3. The first-order chi connectivity index (χ1) is 24.7. The van der Waals surface area contributed by atoms with Crippen molar-refractivity contribution in [2.24, 2.45) is 0 Å². The molecule has 1 saturated heterocycles. The van der Waals surface area contributed by atoms with E-state index in [0.29, 0.717) is 45.4 Å². The summed E-state index contributed by atoms with van der Waals surface area (Å²) < 4.78 is 83.7. The fourth-order valence-corrected chi connectivity index (χ4v) is 8.95. The Morgan fingerprint density at radius 3 is 2.37 bits per heavy atom. The van der Waals surface area contributed by atoms with Crippen molar-refractivity contribution in [2.75, 3.05) is 67.8 Å². The third-order valence-electron chi connectivity index (χ3n) is 8.57. The van der Waals surface area contributed by atoms with E-state index in [9.17, 15) is 25.6 Å². The molecule has 0 amide bonds. The maximum atomic E-state index is 14.3. The van der Waals surface area contributed by atoms with Gasteiger partial charge in [0, 0.05) is 62.5 Å². The Kier molecular flexibility index (Phi) is 10.8. The number of anilines is 4. The summed E-state index contributed by atoms with van der Waals surface area (Å²) in [5.74, 6) is -1.92. The molecule has 52 heavy (non-hydrogen) atoms. The number of aryl methyl sites for hydroxylation is 1. The lowest BCUT2D eigenvalue weighted by atomic mass is 10.1. The maximum absolute atomic E-state index is 14.3. The van der Waals surface area contributed by atoms with Gasteiger partial charge in [-0.3, -0.25) is 4.90 Å². The zero-order chi connectivity index (χ0) is 37.2. The van der Waals surface area contributed by atoms with Crippen molar-refractivity contribution in [3.63, 3.8) is 0 Å². The number of sulfone groups is 2. The molecule has 2 aromatic heterocycles. The van der Waals surface area contributed by atoms with Crippen LogP contribution in [0, 0.1) is 18.6 Å². The van der Waals surface area contributed by atoms with Crippen LogP contribution in [0.2, 0.25) is 0 Å². The minimum atomic E-state index is -4.35. The Labute approximate surface area is 305 Å². The van der Waals surface area contributed by atoms with Crippen LogP contribution in [0.3, 0.4) is 0 Å². The Hall–Kier alpha value is -4.71. The molecule has 0 unspecified atom stereocenters. The molecule has 6 rings (SSSR count). The molecule has 0 spiro atoms. The van der Waals surface area contributed by atoms with Gasteiger partial charge in [-0.15, -0.1) is 0 Å². The highest BCUT2D eigenvalue weighted by Crippen LogP contribution is 2.39. The number of methoxy groups -OCH3 is 1. The van der Waals surface area contributed by atoms with E-state index in [2.05, 4.69) is 25.1 Å². The zero-order valence-electron chi connectivity index (χ0n) is 28.6. The van der Waals surface area contributed by atoms with Gasteiger partial charge in [-0.05, 0) is 48.4 Å². The standard InChI is InChI=1S/C35H37F2N7O5S3/c1-22-18-28(30(49-2)20-29(22)44-14-12-43(13-15-44)16-17-51(3,45)46)41-35-39-11-10-27(40-35)32-31(42-34(38)50-32)24-7-4-6-23(19-24)21-52(47,48)33-25(36)8-5-9-26(33)37/h4-11,18-20H,12-17,21H2,1-3H3,(H2,38,42)(H,39,40,41). The highest BCUT2D eigenvalue weighted by molar-refractivity contribution is 7.91. The number of nitrogens with zero attached hydrogens (tertiary/aromatic N) is 5. The van der Waals surface area contributed by atoms with Gasteiger partial charge in [0.15, 0.2) is 15.0 Å². The predicted octanol–water partition coefficient (Wildman–Crippen LogP) is 5.33. The molecule has 12 nitrogen and oxygen atoms in total. The number of hydrogen-bond acceptors (Lipinski definition) is 13. The molecule has 0 saturated carbocycles. The summed E-state index contributed by atoms with van der Waals surface area (Å²) in [6.07, 6.45) is 2.85. The second kappa shape index (κ2) is 15.1. The molecule has 1 aliphatic heterocycles. The lowest BCUT2D eigenvalue weighted by molar-refractivity contribution is 0.272. The molecule has 1 fully saturated rings. The van der Waals surface area contributed by atoms with Crippen LogP contribution in [0.25, 0.3) is 21.8 Å². The number of halogens is 2. The zero-order valence-corrected chi connectivity index (χ0v) is 31.1. The highest BCUT2D eigenvalue weighted by atomic mass is 32.2. The maximum Gasteiger partial charge on any atom is 0.227 e. The van der Waals surface area contributed by atoms with Crippen molar-refractivity contribution < 1.29 is 30.4 Å².